The summed E-state index contributed by atoms with van der Waals surface area (Å²) in [5.74, 6) is 0. The molecule has 0 unspecified atom stereocenters. The number of benzene rings is 2. The molecule has 2 aromatic heterocycles. The second-order valence-electron chi connectivity index (χ2n) is 6.06. The third-order valence-corrected chi connectivity index (χ3v) is 4.24. The fourth-order valence-corrected chi connectivity index (χ4v) is 2.56. The molecule has 167 valence electrons. The van der Waals surface area contributed by atoms with Gasteiger partial charge < -0.3 is 11.6 Å². The van der Waals surface area contributed by atoms with Gasteiger partial charge in [0.05, 0.1) is 35.9 Å². The molecule has 0 aliphatic rings. The molecule has 0 aliphatic heterocycles. The minimum absolute atomic E-state index is 0. The molecule has 0 fully saturated rings. The van der Waals surface area contributed by atoms with Gasteiger partial charge in [0.1, 0.15) is 0 Å². The summed E-state index contributed by atoms with van der Waals surface area (Å²) in [5, 5.41) is 25.9. The summed E-state index contributed by atoms with van der Waals surface area (Å²) in [5.41, 5.74) is 3.15. The van der Waals surface area contributed by atoms with E-state index in [4.69, 9.17) is 33.4 Å². The average Bonchev–Trinajstić information content (AvgIpc) is 3.46. The Kier molecular flexibility index (Phi) is 15.7. The van der Waals surface area contributed by atoms with E-state index in [2.05, 4.69) is 10.2 Å². The normalized spacial score (nSPS) is 9.24. The van der Waals surface area contributed by atoms with E-state index < -0.39 is 0 Å². The molecule has 0 saturated heterocycles. The van der Waals surface area contributed by atoms with E-state index in [0.29, 0.717) is 15.6 Å². The van der Waals surface area contributed by atoms with Gasteiger partial charge in [0.2, 0.25) is 0 Å². The van der Waals surface area contributed by atoms with E-state index in [1.807, 2.05) is 24.3 Å². The first kappa shape index (κ1) is 31.1. The van der Waals surface area contributed by atoms with Crippen molar-refractivity contribution in [2.75, 3.05) is 6.61 Å². The van der Waals surface area contributed by atoms with Gasteiger partial charge in [0, 0.05) is 43.0 Å². The van der Waals surface area contributed by atoms with Crippen molar-refractivity contribution < 1.29 is 46.0 Å². The second-order valence-corrected chi connectivity index (χ2v) is 6.93. The molecule has 2 N–H and O–H groups in total. The van der Waals surface area contributed by atoms with Crippen molar-refractivity contribution in [3.05, 3.63) is 94.5 Å². The van der Waals surface area contributed by atoms with Gasteiger partial charge in [0.15, 0.2) is 6.29 Å². The Hall–Kier alpha value is -1.91. The van der Waals surface area contributed by atoms with Gasteiger partial charge in [0.25, 0.3) is 0 Å². The molecule has 3 radical (unpaired) electrons. The van der Waals surface area contributed by atoms with Crippen LogP contribution in [0.4, 0.5) is 0 Å². The van der Waals surface area contributed by atoms with Crippen molar-refractivity contribution in [3.8, 4) is 11.4 Å². The third-order valence-electron chi connectivity index (χ3n) is 3.74. The van der Waals surface area contributed by atoms with Crippen molar-refractivity contribution in [3.63, 3.8) is 0 Å². The monoisotopic (exact) mass is 495 g/mol. The summed E-state index contributed by atoms with van der Waals surface area (Å²) in [7, 11) is 0. The van der Waals surface area contributed by atoms with Gasteiger partial charge in [-0.2, -0.15) is 10.2 Å². The molecule has 0 saturated carbocycles. The molecular weight excluding hydrogens is 473 g/mol. The standard InChI is InChI=1S/C10H9ClN2O.C10H7ClN2O.C2H6O.B.Na.H/c2*11-9-1-3-10(4-2-9)13-6-8(7-14)5-12-13;1-2-3;;;/h1-6,14H,7H2;1-7H;3H,2H2,1H3;;;/q;;;;+1;-1. The molecule has 4 aromatic rings. The summed E-state index contributed by atoms with van der Waals surface area (Å²) in [6.45, 7) is 1.94. The van der Waals surface area contributed by atoms with E-state index in [1.54, 1.807) is 59.1 Å². The number of aliphatic hydroxyl groups excluding tert-OH is 2. The topological polar surface area (TPSA) is 93.2 Å². The summed E-state index contributed by atoms with van der Waals surface area (Å²) >= 11 is 11.5. The van der Waals surface area contributed by atoms with Crippen molar-refractivity contribution in [1.82, 2.24) is 19.6 Å². The summed E-state index contributed by atoms with van der Waals surface area (Å²) < 4.78 is 3.32. The van der Waals surface area contributed by atoms with Crippen LogP contribution in [-0.4, -0.2) is 51.1 Å². The van der Waals surface area contributed by atoms with E-state index in [9.17, 15) is 4.79 Å². The molecular formula is C22H23BCl2N4NaO3. The van der Waals surface area contributed by atoms with Crippen LogP contribution in [0.15, 0.2) is 73.3 Å². The Balaban J connectivity index is 0. The van der Waals surface area contributed by atoms with E-state index in [-0.39, 0.29) is 52.6 Å². The molecule has 11 heteroatoms. The minimum Gasteiger partial charge on any atom is -1.00 e. The maximum Gasteiger partial charge on any atom is 1.00 e. The van der Waals surface area contributed by atoms with Gasteiger partial charge in [-0.25, -0.2) is 9.36 Å². The van der Waals surface area contributed by atoms with Gasteiger partial charge in [-0.05, 0) is 55.5 Å². The molecule has 33 heavy (non-hydrogen) atoms. The van der Waals surface area contributed by atoms with Crippen LogP contribution in [0.3, 0.4) is 0 Å². The summed E-state index contributed by atoms with van der Waals surface area (Å²) in [4.78, 5) is 10.4. The zero-order chi connectivity index (χ0) is 22.6. The maximum absolute atomic E-state index is 10.4. The fourth-order valence-electron chi connectivity index (χ4n) is 2.31. The van der Waals surface area contributed by atoms with Gasteiger partial charge in [-0.1, -0.05) is 23.2 Å². The molecule has 0 aliphatic carbocycles. The predicted octanol–water partition coefficient (Wildman–Crippen LogP) is 1.09. The molecule has 0 spiro atoms. The Morgan fingerprint density at radius 2 is 1.30 bits per heavy atom. The second kappa shape index (κ2) is 16.7. The number of hydrogen-bond donors (Lipinski definition) is 2. The summed E-state index contributed by atoms with van der Waals surface area (Å²) in [6.07, 6.45) is 7.36. The van der Waals surface area contributed by atoms with Crippen molar-refractivity contribution >= 4 is 37.9 Å². The molecule has 2 aromatic carbocycles. The van der Waals surface area contributed by atoms with E-state index in [0.717, 1.165) is 23.2 Å². The van der Waals surface area contributed by atoms with E-state index in [1.165, 1.54) is 6.20 Å². The molecule has 4 rings (SSSR count). The van der Waals surface area contributed by atoms with Crippen LogP contribution in [0, 0.1) is 0 Å². The number of carbonyl (C=O) groups is 1. The maximum atomic E-state index is 10.4. The minimum atomic E-state index is 0. The number of aromatic nitrogens is 4. The van der Waals surface area contributed by atoms with E-state index >= 15 is 0 Å². The smallest absolute Gasteiger partial charge is 1.00 e. The Morgan fingerprint density at radius 1 is 0.879 bits per heavy atom. The average molecular weight is 496 g/mol. The van der Waals surface area contributed by atoms with Crippen LogP contribution in [0.1, 0.15) is 24.3 Å². The molecule has 0 atom stereocenters. The van der Waals surface area contributed by atoms with Crippen LogP contribution in [0.2, 0.25) is 10.0 Å². The van der Waals surface area contributed by atoms with Crippen LogP contribution in [0.25, 0.3) is 11.4 Å². The molecule has 2 heterocycles. The number of rotatable bonds is 4. The zero-order valence-corrected chi connectivity index (χ0v) is 21.9. The largest absolute Gasteiger partial charge is 1.00 e. The molecule has 0 bridgehead atoms. The van der Waals surface area contributed by atoms with Gasteiger partial charge in [-0.3, -0.25) is 4.79 Å². The number of aldehydes is 1. The van der Waals surface area contributed by atoms with Crippen LogP contribution in [-0.2, 0) is 6.61 Å². The number of nitrogens with zero attached hydrogens (tertiary/aromatic N) is 4. The van der Waals surface area contributed by atoms with Crippen molar-refractivity contribution in [2.24, 2.45) is 0 Å². The number of aliphatic hydroxyl groups is 2. The van der Waals surface area contributed by atoms with Gasteiger partial charge >= 0.3 is 29.6 Å². The SMILES string of the molecule is CCO.O=Cc1cnn(-c2ccc(Cl)cc2)c1.OCc1cnn(-c2ccc(Cl)cc2)c1.[B].[H-].[Na+]. The number of hydrogen-bond acceptors (Lipinski definition) is 5. The van der Waals surface area contributed by atoms with Crippen molar-refractivity contribution in [1.29, 1.82) is 0 Å². The Bertz CT molecular complexity index is 1080. The first-order valence-electron chi connectivity index (χ1n) is 9.27. The number of carbonyl (C=O) groups excluding carboxylic acids is 1. The Morgan fingerprint density at radius 3 is 1.67 bits per heavy atom. The fraction of sp³-hybridized carbons (Fsp3) is 0.136. The Labute approximate surface area is 228 Å². The third kappa shape index (κ3) is 10.3. The predicted molar refractivity (Wildman–Crippen MR) is 128 cm³/mol. The molecule has 7 nitrogen and oxygen atoms in total. The van der Waals surface area contributed by atoms with Crippen LogP contribution >= 0.6 is 23.2 Å². The van der Waals surface area contributed by atoms with Gasteiger partial charge in [-0.15, -0.1) is 0 Å². The van der Waals surface area contributed by atoms with Crippen LogP contribution in [0.5, 0.6) is 0 Å². The first-order valence-corrected chi connectivity index (χ1v) is 10.0. The van der Waals surface area contributed by atoms with Crippen LogP contribution < -0.4 is 29.6 Å². The first-order chi connectivity index (χ1) is 15.0. The quantitative estimate of drug-likeness (QED) is 0.326. The summed E-state index contributed by atoms with van der Waals surface area (Å²) in [6, 6.07) is 14.6. The zero-order valence-electron chi connectivity index (χ0n) is 19.3. The number of halogens is 2. The molecule has 0 amide bonds. The van der Waals surface area contributed by atoms with Crippen molar-refractivity contribution in [2.45, 2.75) is 13.5 Å².